The van der Waals surface area contributed by atoms with Crippen LogP contribution in [-0.4, -0.2) is 17.4 Å². The lowest BCUT2D eigenvalue weighted by molar-refractivity contribution is 0.358. The molecule has 0 saturated carbocycles. The molecular weight excluding hydrogens is 138 g/mol. The second-order valence-corrected chi connectivity index (χ2v) is 3.25. The van der Waals surface area contributed by atoms with Crippen molar-refractivity contribution in [1.29, 1.82) is 0 Å². The zero-order valence-electron chi connectivity index (χ0n) is 6.91. The molecule has 0 bridgehead atoms. The van der Waals surface area contributed by atoms with E-state index in [1.165, 1.54) is 0 Å². The summed E-state index contributed by atoms with van der Waals surface area (Å²) in [7, 11) is 0. The molecule has 1 N–H and O–H groups in total. The Morgan fingerprint density at radius 2 is 2.18 bits per heavy atom. The fourth-order valence-corrected chi connectivity index (χ4v) is 0.828. The SMILES string of the molecule is CC1(C)C=CN=C(CO)C=C1. The van der Waals surface area contributed by atoms with Gasteiger partial charge in [0, 0.05) is 11.6 Å². The number of rotatable bonds is 1. The maximum absolute atomic E-state index is 8.77. The van der Waals surface area contributed by atoms with Gasteiger partial charge in [-0.25, -0.2) is 0 Å². The highest BCUT2D eigenvalue weighted by Gasteiger charge is 2.10. The van der Waals surface area contributed by atoms with Gasteiger partial charge in [-0.05, 0) is 6.08 Å². The van der Waals surface area contributed by atoms with Crippen molar-refractivity contribution in [2.45, 2.75) is 13.8 Å². The summed E-state index contributed by atoms with van der Waals surface area (Å²) in [6, 6.07) is 0. The third-order valence-corrected chi connectivity index (χ3v) is 1.61. The predicted octanol–water partition coefficient (Wildman–Crippen LogP) is 1.53. The van der Waals surface area contributed by atoms with Crippen molar-refractivity contribution in [3.05, 3.63) is 24.4 Å². The Kier molecular flexibility index (Phi) is 2.25. The second-order valence-electron chi connectivity index (χ2n) is 3.25. The Bertz CT molecular complexity index is 224. The summed E-state index contributed by atoms with van der Waals surface area (Å²) >= 11 is 0. The Morgan fingerprint density at radius 3 is 2.82 bits per heavy atom. The van der Waals surface area contributed by atoms with Crippen LogP contribution in [0.5, 0.6) is 0 Å². The van der Waals surface area contributed by atoms with Gasteiger partial charge in [0.15, 0.2) is 0 Å². The first kappa shape index (κ1) is 8.21. The summed E-state index contributed by atoms with van der Waals surface area (Å²) in [5.74, 6) is 0. The zero-order chi connectivity index (χ0) is 8.32. The highest BCUT2D eigenvalue weighted by Crippen LogP contribution is 2.20. The van der Waals surface area contributed by atoms with Crippen LogP contribution in [0.2, 0.25) is 0 Å². The number of hydrogen-bond donors (Lipinski definition) is 1. The van der Waals surface area contributed by atoms with Gasteiger partial charge in [0.05, 0.1) is 12.3 Å². The highest BCUT2D eigenvalue weighted by molar-refractivity contribution is 5.96. The van der Waals surface area contributed by atoms with E-state index in [9.17, 15) is 0 Å². The lowest BCUT2D eigenvalue weighted by Gasteiger charge is -2.11. The molecule has 0 radical (unpaired) electrons. The van der Waals surface area contributed by atoms with Crippen LogP contribution in [0.15, 0.2) is 29.4 Å². The van der Waals surface area contributed by atoms with E-state index in [2.05, 4.69) is 18.8 Å². The predicted molar refractivity (Wildman–Crippen MR) is 46.6 cm³/mol. The standard InChI is InChI=1S/C9H13NO/c1-9(2)4-3-8(7-11)10-6-5-9/h3-6,11H,7H2,1-2H3. The number of allylic oxidation sites excluding steroid dienone is 2. The summed E-state index contributed by atoms with van der Waals surface area (Å²) in [6.45, 7) is 4.20. The van der Waals surface area contributed by atoms with Crippen molar-refractivity contribution in [2.24, 2.45) is 10.4 Å². The van der Waals surface area contributed by atoms with E-state index in [0.717, 1.165) is 0 Å². The third kappa shape index (κ3) is 2.31. The quantitative estimate of drug-likeness (QED) is 0.605. The zero-order valence-corrected chi connectivity index (χ0v) is 6.91. The van der Waals surface area contributed by atoms with E-state index in [1.54, 1.807) is 6.20 Å². The van der Waals surface area contributed by atoms with Crippen molar-refractivity contribution in [3.8, 4) is 0 Å². The van der Waals surface area contributed by atoms with Gasteiger partial charge in [-0.3, -0.25) is 4.99 Å². The summed E-state index contributed by atoms with van der Waals surface area (Å²) in [5, 5.41) is 8.77. The molecule has 0 atom stereocenters. The van der Waals surface area contributed by atoms with Gasteiger partial charge in [0.1, 0.15) is 0 Å². The topological polar surface area (TPSA) is 32.6 Å². The van der Waals surface area contributed by atoms with Gasteiger partial charge in [-0.1, -0.05) is 26.0 Å². The molecule has 2 nitrogen and oxygen atoms in total. The number of aliphatic hydroxyl groups excluding tert-OH is 1. The van der Waals surface area contributed by atoms with E-state index in [1.807, 2.05) is 18.2 Å². The fourth-order valence-electron chi connectivity index (χ4n) is 0.828. The normalized spacial score (nSPS) is 21.2. The van der Waals surface area contributed by atoms with Crippen molar-refractivity contribution in [3.63, 3.8) is 0 Å². The molecule has 1 aliphatic rings. The molecule has 1 aliphatic heterocycles. The largest absolute Gasteiger partial charge is 0.390 e. The van der Waals surface area contributed by atoms with Crippen molar-refractivity contribution in [2.75, 3.05) is 6.61 Å². The van der Waals surface area contributed by atoms with Crippen LogP contribution in [0.4, 0.5) is 0 Å². The monoisotopic (exact) mass is 151 g/mol. The van der Waals surface area contributed by atoms with Crippen LogP contribution in [0, 0.1) is 5.41 Å². The molecule has 0 unspecified atom stereocenters. The summed E-state index contributed by atoms with van der Waals surface area (Å²) in [5.41, 5.74) is 0.771. The average molecular weight is 151 g/mol. The molecule has 1 rings (SSSR count). The van der Waals surface area contributed by atoms with Crippen LogP contribution in [0.25, 0.3) is 0 Å². The maximum atomic E-state index is 8.77. The molecule has 11 heavy (non-hydrogen) atoms. The maximum Gasteiger partial charge on any atom is 0.0852 e. The molecule has 2 heteroatoms. The number of hydrogen-bond acceptors (Lipinski definition) is 2. The molecule has 0 aromatic heterocycles. The van der Waals surface area contributed by atoms with Crippen molar-refractivity contribution < 1.29 is 5.11 Å². The van der Waals surface area contributed by atoms with Gasteiger partial charge in [0.2, 0.25) is 0 Å². The molecule has 0 aliphatic carbocycles. The second kappa shape index (κ2) is 3.01. The molecule has 0 spiro atoms. The van der Waals surface area contributed by atoms with Gasteiger partial charge in [-0.2, -0.15) is 0 Å². The first-order chi connectivity index (χ1) is 5.14. The van der Waals surface area contributed by atoms with Crippen LogP contribution < -0.4 is 0 Å². The summed E-state index contributed by atoms with van der Waals surface area (Å²) in [6.07, 6.45) is 7.64. The van der Waals surface area contributed by atoms with E-state index in [4.69, 9.17) is 5.11 Å². The lowest BCUT2D eigenvalue weighted by Crippen LogP contribution is -2.03. The first-order valence-electron chi connectivity index (χ1n) is 3.68. The third-order valence-electron chi connectivity index (χ3n) is 1.61. The molecular formula is C9H13NO. The molecule has 0 fully saturated rings. The first-order valence-corrected chi connectivity index (χ1v) is 3.68. The number of nitrogens with zero attached hydrogens (tertiary/aromatic N) is 1. The van der Waals surface area contributed by atoms with Gasteiger partial charge < -0.3 is 5.11 Å². The van der Waals surface area contributed by atoms with Gasteiger partial charge in [-0.15, -0.1) is 0 Å². The Morgan fingerprint density at radius 1 is 1.45 bits per heavy atom. The minimum atomic E-state index is 0.0108. The molecule has 1 heterocycles. The van der Waals surface area contributed by atoms with Gasteiger partial charge >= 0.3 is 0 Å². The number of aliphatic imine (C=N–C) groups is 1. The van der Waals surface area contributed by atoms with Crippen LogP contribution >= 0.6 is 0 Å². The van der Waals surface area contributed by atoms with E-state index >= 15 is 0 Å². The average Bonchev–Trinajstić information content (AvgIpc) is 2.10. The lowest BCUT2D eigenvalue weighted by atomic mass is 9.93. The van der Waals surface area contributed by atoms with Crippen LogP contribution in [0.3, 0.4) is 0 Å². The molecule has 0 aromatic rings. The minimum Gasteiger partial charge on any atom is -0.390 e. The summed E-state index contributed by atoms with van der Waals surface area (Å²) in [4.78, 5) is 4.04. The Balaban J connectivity index is 2.83. The summed E-state index contributed by atoms with van der Waals surface area (Å²) < 4.78 is 0. The molecule has 0 aromatic carbocycles. The van der Waals surface area contributed by atoms with Crippen molar-refractivity contribution >= 4 is 5.71 Å². The van der Waals surface area contributed by atoms with Crippen LogP contribution in [-0.2, 0) is 0 Å². The van der Waals surface area contributed by atoms with Crippen LogP contribution in [0.1, 0.15) is 13.8 Å². The van der Waals surface area contributed by atoms with E-state index in [0.29, 0.717) is 5.71 Å². The Labute approximate surface area is 67.0 Å². The van der Waals surface area contributed by atoms with Gasteiger partial charge in [0.25, 0.3) is 0 Å². The molecule has 0 saturated heterocycles. The molecule has 0 amide bonds. The fraction of sp³-hybridized carbons (Fsp3) is 0.444. The van der Waals surface area contributed by atoms with E-state index in [-0.39, 0.29) is 12.0 Å². The van der Waals surface area contributed by atoms with E-state index < -0.39 is 0 Å². The Hall–Kier alpha value is -0.890. The highest BCUT2D eigenvalue weighted by atomic mass is 16.3. The minimum absolute atomic E-state index is 0.0108. The molecule has 60 valence electrons. The van der Waals surface area contributed by atoms with Crippen molar-refractivity contribution in [1.82, 2.24) is 0 Å². The smallest absolute Gasteiger partial charge is 0.0852 e. The number of aliphatic hydroxyl groups is 1.